The number of nitrogens with zero attached hydrogens (tertiary/aromatic N) is 1. The van der Waals surface area contributed by atoms with Gasteiger partial charge in [0.15, 0.2) is 0 Å². The van der Waals surface area contributed by atoms with Crippen molar-refractivity contribution in [2.45, 2.75) is 25.0 Å². The van der Waals surface area contributed by atoms with Crippen LogP contribution < -0.4 is 0 Å². The maximum Gasteiger partial charge on any atom is 0.312 e. The Morgan fingerprint density at radius 2 is 2.14 bits per heavy atom. The van der Waals surface area contributed by atoms with Gasteiger partial charge in [0.05, 0.1) is 0 Å². The second kappa shape index (κ2) is 4.21. The number of aliphatic carboxylic acids is 1. The van der Waals surface area contributed by atoms with Crippen molar-refractivity contribution in [1.29, 1.82) is 0 Å². The third-order valence-electron chi connectivity index (χ3n) is 2.08. The Hall–Kier alpha value is -0.710. The second-order valence-corrected chi connectivity index (χ2v) is 5.80. The Morgan fingerprint density at radius 3 is 2.64 bits per heavy atom. The average molecular weight is 217 g/mol. The Morgan fingerprint density at radius 1 is 1.50 bits per heavy atom. The van der Waals surface area contributed by atoms with Crippen LogP contribution in [0.1, 0.15) is 20.3 Å². The van der Waals surface area contributed by atoms with E-state index in [1.807, 2.05) is 11.8 Å². The topological polar surface area (TPSA) is 57.6 Å². The summed E-state index contributed by atoms with van der Waals surface area (Å²) in [4.78, 5) is 23.4. The Bertz CT molecular complexity index is 252. The summed E-state index contributed by atoms with van der Waals surface area (Å²) in [6.07, 6.45) is -0.388. The van der Waals surface area contributed by atoms with Crippen molar-refractivity contribution in [3.05, 3.63) is 0 Å². The van der Waals surface area contributed by atoms with E-state index in [-0.39, 0.29) is 17.1 Å². The molecule has 0 aromatic carbocycles. The molecule has 0 bridgehead atoms. The summed E-state index contributed by atoms with van der Waals surface area (Å²) in [5.41, 5.74) is 0. The zero-order valence-corrected chi connectivity index (χ0v) is 9.26. The number of carbonyl (C=O) groups excluding carboxylic acids is 1. The maximum absolute atomic E-state index is 11.4. The van der Waals surface area contributed by atoms with Crippen molar-refractivity contribution in [2.75, 3.05) is 18.8 Å². The quantitative estimate of drug-likeness (QED) is 0.696. The van der Waals surface area contributed by atoms with Crippen LogP contribution in [0.4, 0.5) is 0 Å². The summed E-state index contributed by atoms with van der Waals surface area (Å²) in [7, 11) is 0. The van der Waals surface area contributed by atoms with Crippen LogP contribution in [0.3, 0.4) is 0 Å². The molecule has 14 heavy (non-hydrogen) atoms. The fraction of sp³-hybridized carbons (Fsp3) is 0.778. The first-order valence-corrected chi connectivity index (χ1v) is 5.53. The van der Waals surface area contributed by atoms with Crippen molar-refractivity contribution in [2.24, 2.45) is 0 Å². The summed E-state index contributed by atoms with van der Waals surface area (Å²) in [6.45, 7) is 5.44. The van der Waals surface area contributed by atoms with Gasteiger partial charge in [-0.1, -0.05) is 0 Å². The minimum Gasteiger partial charge on any atom is -0.481 e. The average Bonchev–Trinajstić information content (AvgIpc) is 2.01. The first-order chi connectivity index (χ1) is 6.41. The van der Waals surface area contributed by atoms with Crippen LogP contribution in [-0.4, -0.2) is 45.5 Å². The largest absolute Gasteiger partial charge is 0.481 e. The van der Waals surface area contributed by atoms with Crippen LogP contribution in [0.5, 0.6) is 0 Å². The summed E-state index contributed by atoms with van der Waals surface area (Å²) in [6, 6.07) is 0. The molecule has 1 saturated heterocycles. The van der Waals surface area contributed by atoms with Crippen LogP contribution in [0, 0.1) is 0 Å². The molecule has 0 aliphatic carbocycles. The smallest absolute Gasteiger partial charge is 0.312 e. The molecule has 80 valence electrons. The van der Waals surface area contributed by atoms with Gasteiger partial charge in [-0.05, 0) is 13.8 Å². The Balaban J connectivity index is 2.52. The highest BCUT2D eigenvalue weighted by molar-refractivity contribution is 8.00. The van der Waals surface area contributed by atoms with Crippen LogP contribution in [0.2, 0.25) is 0 Å². The normalized spacial score (nSPS) is 20.6. The Kier molecular flexibility index (Phi) is 3.42. The molecule has 1 fully saturated rings. The van der Waals surface area contributed by atoms with Crippen molar-refractivity contribution in [3.63, 3.8) is 0 Å². The summed E-state index contributed by atoms with van der Waals surface area (Å²) in [5.74, 6) is -0.435. The molecule has 1 rings (SSSR count). The minimum atomic E-state index is -1.05. The molecular formula is C9H15NO3S. The molecule has 1 amide bonds. The van der Waals surface area contributed by atoms with E-state index in [0.717, 1.165) is 5.75 Å². The summed E-state index contributed by atoms with van der Waals surface area (Å²) >= 11 is 1.82. The van der Waals surface area contributed by atoms with Gasteiger partial charge >= 0.3 is 5.97 Å². The van der Waals surface area contributed by atoms with Gasteiger partial charge < -0.3 is 10.0 Å². The molecule has 0 saturated carbocycles. The van der Waals surface area contributed by atoms with Gasteiger partial charge in [-0.3, -0.25) is 9.59 Å². The lowest BCUT2D eigenvalue weighted by atomic mass is 10.2. The predicted molar refractivity (Wildman–Crippen MR) is 55.4 cm³/mol. The summed E-state index contributed by atoms with van der Waals surface area (Å²) in [5, 5.41) is 8.49. The molecule has 0 atom stereocenters. The van der Waals surface area contributed by atoms with E-state index >= 15 is 0 Å². The number of carbonyl (C=O) groups is 2. The lowest BCUT2D eigenvalue weighted by Gasteiger charge is -2.37. The van der Waals surface area contributed by atoms with Gasteiger partial charge in [0, 0.05) is 23.6 Å². The van der Waals surface area contributed by atoms with E-state index in [0.29, 0.717) is 13.1 Å². The highest BCUT2D eigenvalue weighted by Crippen LogP contribution is 2.29. The lowest BCUT2D eigenvalue weighted by Crippen LogP contribution is -2.46. The van der Waals surface area contributed by atoms with Gasteiger partial charge in [-0.15, -0.1) is 0 Å². The fourth-order valence-corrected chi connectivity index (χ4v) is 2.58. The number of thioether (sulfide) groups is 1. The van der Waals surface area contributed by atoms with Crippen LogP contribution >= 0.6 is 11.8 Å². The molecule has 0 unspecified atom stereocenters. The number of hydrogen-bond donors (Lipinski definition) is 1. The van der Waals surface area contributed by atoms with E-state index < -0.39 is 5.97 Å². The molecule has 0 aromatic rings. The standard InChI is InChI=1S/C9H15NO3S/c1-9(2)6-10(3-4-14-9)7(11)5-8(12)13/h3-6H2,1-2H3,(H,12,13). The third kappa shape index (κ3) is 3.21. The molecule has 0 radical (unpaired) electrons. The molecule has 0 spiro atoms. The molecule has 5 heteroatoms. The van der Waals surface area contributed by atoms with Gasteiger partial charge in [0.1, 0.15) is 6.42 Å². The van der Waals surface area contributed by atoms with Crippen molar-refractivity contribution in [3.8, 4) is 0 Å². The maximum atomic E-state index is 11.4. The molecule has 0 aromatic heterocycles. The molecule has 1 N–H and O–H groups in total. The van der Waals surface area contributed by atoms with E-state index in [9.17, 15) is 9.59 Å². The first-order valence-electron chi connectivity index (χ1n) is 4.54. The van der Waals surface area contributed by atoms with Gasteiger partial charge in [-0.2, -0.15) is 11.8 Å². The van der Waals surface area contributed by atoms with Crippen molar-refractivity contribution >= 4 is 23.6 Å². The van der Waals surface area contributed by atoms with Crippen LogP contribution in [-0.2, 0) is 9.59 Å². The van der Waals surface area contributed by atoms with Crippen LogP contribution in [0.15, 0.2) is 0 Å². The predicted octanol–water partition coefficient (Wildman–Crippen LogP) is 0.815. The molecule has 1 aliphatic rings. The monoisotopic (exact) mass is 217 g/mol. The number of hydrogen-bond acceptors (Lipinski definition) is 3. The van der Waals surface area contributed by atoms with Crippen LogP contribution in [0.25, 0.3) is 0 Å². The van der Waals surface area contributed by atoms with Crippen molar-refractivity contribution < 1.29 is 14.7 Å². The van der Waals surface area contributed by atoms with E-state index in [1.54, 1.807) is 4.90 Å². The summed E-state index contributed by atoms with van der Waals surface area (Å²) < 4.78 is 0.0480. The van der Waals surface area contributed by atoms with E-state index in [4.69, 9.17) is 5.11 Å². The zero-order valence-electron chi connectivity index (χ0n) is 8.45. The van der Waals surface area contributed by atoms with Gasteiger partial charge in [0.25, 0.3) is 0 Å². The fourth-order valence-electron chi connectivity index (χ4n) is 1.47. The van der Waals surface area contributed by atoms with Gasteiger partial charge in [0.2, 0.25) is 5.91 Å². The van der Waals surface area contributed by atoms with E-state index in [2.05, 4.69) is 13.8 Å². The lowest BCUT2D eigenvalue weighted by molar-refractivity contribution is -0.144. The van der Waals surface area contributed by atoms with Gasteiger partial charge in [-0.25, -0.2) is 0 Å². The molecule has 4 nitrogen and oxygen atoms in total. The molecular weight excluding hydrogens is 202 g/mol. The highest BCUT2D eigenvalue weighted by Gasteiger charge is 2.30. The second-order valence-electron chi connectivity index (χ2n) is 3.99. The van der Waals surface area contributed by atoms with E-state index in [1.165, 1.54) is 0 Å². The minimum absolute atomic E-state index is 0.0480. The number of carboxylic acid groups (broad SMARTS) is 1. The number of rotatable bonds is 2. The number of amides is 1. The third-order valence-corrected chi connectivity index (χ3v) is 3.38. The highest BCUT2D eigenvalue weighted by atomic mass is 32.2. The molecule has 1 aliphatic heterocycles. The SMILES string of the molecule is CC1(C)CN(C(=O)CC(=O)O)CCS1. The molecule has 1 heterocycles. The zero-order chi connectivity index (χ0) is 10.8. The first kappa shape index (κ1) is 11.4. The Labute approximate surface area is 87.7 Å². The number of carboxylic acids is 1. The van der Waals surface area contributed by atoms with Crippen molar-refractivity contribution in [1.82, 2.24) is 4.90 Å².